The smallest absolute Gasteiger partial charge is 0.291 e. The van der Waals surface area contributed by atoms with Crippen LogP contribution in [-0.2, 0) is 0 Å². The summed E-state index contributed by atoms with van der Waals surface area (Å²) < 4.78 is 27.7. The fourth-order valence-corrected chi connectivity index (χ4v) is 4.15. The monoisotopic (exact) mass is 523 g/mol. The van der Waals surface area contributed by atoms with Crippen molar-refractivity contribution in [3.8, 4) is 28.9 Å². The van der Waals surface area contributed by atoms with E-state index in [9.17, 15) is 9.59 Å². The minimum atomic E-state index is -0.520. The van der Waals surface area contributed by atoms with Crippen molar-refractivity contribution in [1.82, 2.24) is 0 Å². The van der Waals surface area contributed by atoms with E-state index in [4.69, 9.17) is 23.4 Å². The maximum atomic E-state index is 13.0. The fraction of sp³-hybridized carbons (Fsp3) is 0.0968. The number of amides is 1. The molecule has 0 saturated heterocycles. The van der Waals surface area contributed by atoms with Gasteiger partial charge in [0.15, 0.2) is 11.5 Å². The number of fused-ring (bicyclic) bond motifs is 1. The van der Waals surface area contributed by atoms with Gasteiger partial charge in [0.05, 0.1) is 21.3 Å². The van der Waals surface area contributed by atoms with Gasteiger partial charge in [-0.2, -0.15) is 0 Å². The summed E-state index contributed by atoms with van der Waals surface area (Å²) in [7, 11) is 4.48. The lowest BCUT2D eigenvalue weighted by atomic mass is 10.00. The van der Waals surface area contributed by atoms with Crippen LogP contribution in [0.3, 0.4) is 0 Å². The standard InChI is InChI=1S/C31H25NO7/c1-35-22-17-26(36-2)29(27(18-22)37-3)32-31(34)25-14-15-28(39-25)38-24-11-7-10-20-16-21(12-13-23(20)24)30(33)19-8-5-4-6-9-19/h4-18H,1-3H3,(H,32,34). The van der Waals surface area contributed by atoms with Crippen molar-refractivity contribution in [2.24, 2.45) is 0 Å². The van der Waals surface area contributed by atoms with Crippen molar-refractivity contribution >= 4 is 28.2 Å². The predicted molar refractivity (Wildman–Crippen MR) is 147 cm³/mol. The number of ketones is 1. The molecule has 1 amide bonds. The van der Waals surface area contributed by atoms with E-state index in [0.717, 1.165) is 10.8 Å². The topological polar surface area (TPSA) is 96.2 Å². The lowest BCUT2D eigenvalue weighted by Gasteiger charge is -2.15. The van der Waals surface area contributed by atoms with E-state index in [1.54, 1.807) is 42.5 Å². The Kier molecular flexibility index (Phi) is 7.18. The molecule has 5 aromatic rings. The van der Waals surface area contributed by atoms with E-state index < -0.39 is 5.91 Å². The number of carbonyl (C=O) groups excluding carboxylic acids is 2. The molecule has 8 nitrogen and oxygen atoms in total. The molecule has 0 unspecified atom stereocenters. The summed E-state index contributed by atoms with van der Waals surface area (Å²) in [6.07, 6.45) is 0. The number of nitrogens with one attached hydrogen (secondary N) is 1. The van der Waals surface area contributed by atoms with Crippen LogP contribution in [0.25, 0.3) is 10.8 Å². The van der Waals surface area contributed by atoms with Crippen molar-refractivity contribution in [3.05, 3.63) is 108 Å². The summed E-state index contributed by atoms with van der Waals surface area (Å²) in [4.78, 5) is 25.8. The van der Waals surface area contributed by atoms with Crippen LogP contribution in [-0.4, -0.2) is 33.0 Å². The molecule has 4 aromatic carbocycles. The second-order valence-corrected chi connectivity index (χ2v) is 8.47. The Bertz CT molecular complexity index is 1630. The zero-order valence-electron chi connectivity index (χ0n) is 21.5. The van der Waals surface area contributed by atoms with Gasteiger partial charge in [0.2, 0.25) is 0 Å². The third kappa shape index (κ3) is 5.26. The molecule has 5 rings (SSSR count). The highest BCUT2D eigenvalue weighted by molar-refractivity contribution is 6.11. The van der Waals surface area contributed by atoms with Crippen LogP contribution >= 0.6 is 0 Å². The van der Waals surface area contributed by atoms with Crippen LogP contribution < -0.4 is 24.3 Å². The molecule has 1 heterocycles. The van der Waals surface area contributed by atoms with E-state index in [0.29, 0.717) is 39.8 Å². The van der Waals surface area contributed by atoms with E-state index in [1.807, 2.05) is 42.5 Å². The van der Waals surface area contributed by atoms with Gasteiger partial charge in [-0.15, -0.1) is 0 Å². The summed E-state index contributed by atoms with van der Waals surface area (Å²) in [6, 6.07) is 26.4. The highest BCUT2D eigenvalue weighted by atomic mass is 16.6. The minimum Gasteiger partial charge on any atom is -0.496 e. The number of rotatable bonds is 9. The second kappa shape index (κ2) is 11.0. The minimum absolute atomic E-state index is 0.0286. The van der Waals surface area contributed by atoms with Crippen molar-refractivity contribution < 1.29 is 33.0 Å². The van der Waals surface area contributed by atoms with Gasteiger partial charge < -0.3 is 28.7 Å². The second-order valence-electron chi connectivity index (χ2n) is 8.47. The van der Waals surface area contributed by atoms with E-state index in [2.05, 4.69) is 5.32 Å². The molecule has 0 aliphatic carbocycles. The van der Waals surface area contributed by atoms with E-state index >= 15 is 0 Å². The van der Waals surface area contributed by atoms with Crippen LogP contribution in [0.5, 0.6) is 28.9 Å². The summed E-state index contributed by atoms with van der Waals surface area (Å²) in [5, 5.41) is 4.38. The molecule has 0 atom stereocenters. The van der Waals surface area contributed by atoms with Crippen LogP contribution in [0.4, 0.5) is 5.69 Å². The SMILES string of the molecule is COc1cc(OC)c(NC(=O)c2ccc(Oc3cccc4cc(C(=O)c5ccccc5)ccc34)o2)c(OC)c1. The third-order valence-corrected chi connectivity index (χ3v) is 6.11. The lowest BCUT2D eigenvalue weighted by molar-refractivity contribution is 0.0990. The molecule has 39 heavy (non-hydrogen) atoms. The number of benzene rings is 4. The first-order valence-corrected chi connectivity index (χ1v) is 12.0. The molecule has 1 aromatic heterocycles. The highest BCUT2D eigenvalue weighted by Gasteiger charge is 2.20. The van der Waals surface area contributed by atoms with Gasteiger partial charge in [-0.25, -0.2) is 0 Å². The average molecular weight is 524 g/mol. The molecule has 0 saturated carbocycles. The van der Waals surface area contributed by atoms with Gasteiger partial charge in [0, 0.05) is 34.7 Å². The van der Waals surface area contributed by atoms with E-state index in [1.165, 1.54) is 27.4 Å². The third-order valence-electron chi connectivity index (χ3n) is 6.11. The summed E-state index contributed by atoms with van der Waals surface area (Å²) in [5.41, 5.74) is 1.53. The van der Waals surface area contributed by atoms with Gasteiger partial charge in [-0.1, -0.05) is 48.5 Å². The Morgan fingerprint density at radius 3 is 2.13 bits per heavy atom. The molecule has 0 aliphatic rings. The predicted octanol–water partition coefficient (Wildman–Crippen LogP) is 6.73. The van der Waals surface area contributed by atoms with Gasteiger partial charge in [-0.3, -0.25) is 9.59 Å². The molecule has 0 radical (unpaired) electrons. The number of anilines is 1. The molecule has 0 aliphatic heterocycles. The highest BCUT2D eigenvalue weighted by Crippen LogP contribution is 2.39. The quantitative estimate of drug-likeness (QED) is 0.214. The van der Waals surface area contributed by atoms with Crippen LogP contribution in [0.2, 0.25) is 0 Å². The van der Waals surface area contributed by atoms with Crippen molar-refractivity contribution in [2.75, 3.05) is 26.6 Å². The number of hydrogen-bond donors (Lipinski definition) is 1. The van der Waals surface area contributed by atoms with Crippen LogP contribution in [0.1, 0.15) is 26.5 Å². The fourth-order valence-electron chi connectivity index (χ4n) is 4.15. The molecule has 1 N–H and O–H groups in total. The molecule has 0 spiro atoms. The largest absolute Gasteiger partial charge is 0.496 e. The first-order valence-electron chi connectivity index (χ1n) is 12.0. The Labute approximate surface area is 224 Å². The van der Waals surface area contributed by atoms with Gasteiger partial charge >= 0.3 is 0 Å². The average Bonchev–Trinajstić information content (AvgIpc) is 3.45. The number of hydrogen-bond acceptors (Lipinski definition) is 7. The molecular weight excluding hydrogens is 498 g/mol. The molecule has 8 heteroatoms. The molecule has 196 valence electrons. The zero-order chi connectivity index (χ0) is 27.4. The number of furan rings is 1. The first kappa shape index (κ1) is 25.4. The Morgan fingerprint density at radius 1 is 0.692 bits per heavy atom. The van der Waals surface area contributed by atoms with Crippen LogP contribution in [0.15, 0.2) is 95.4 Å². The Balaban J connectivity index is 1.36. The Hall–Kier alpha value is -5.24. The van der Waals surface area contributed by atoms with Gasteiger partial charge in [0.1, 0.15) is 28.7 Å². The van der Waals surface area contributed by atoms with Gasteiger partial charge in [-0.05, 0) is 29.7 Å². The zero-order valence-corrected chi connectivity index (χ0v) is 21.5. The molecule has 0 bridgehead atoms. The maximum absolute atomic E-state index is 13.0. The molecule has 0 fully saturated rings. The maximum Gasteiger partial charge on any atom is 0.291 e. The van der Waals surface area contributed by atoms with Crippen molar-refractivity contribution in [1.29, 1.82) is 0 Å². The number of carbonyl (C=O) groups is 2. The van der Waals surface area contributed by atoms with E-state index in [-0.39, 0.29) is 17.5 Å². The molecular formula is C31H25NO7. The van der Waals surface area contributed by atoms with Crippen molar-refractivity contribution in [3.63, 3.8) is 0 Å². The summed E-state index contributed by atoms with van der Waals surface area (Å²) >= 11 is 0. The van der Waals surface area contributed by atoms with Crippen molar-refractivity contribution in [2.45, 2.75) is 0 Å². The normalized spacial score (nSPS) is 10.6. The Morgan fingerprint density at radius 2 is 1.44 bits per heavy atom. The summed E-state index contributed by atoms with van der Waals surface area (Å²) in [6.45, 7) is 0. The number of ether oxygens (including phenoxy) is 4. The van der Waals surface area contributed by atoms with Gasteiger partial charge in [0.25, 0.3) is 11.9 Å². The first-order chi connectivity index (χ1) is 19.0. The summed E-state index contributed by atoms with van der Waals surface area (Å²) in [5.74, 6) is 1.34. The van der Waals surface area contributed by atoms with Crippen LogP contribution in [0, 0.1) is 0 Å². The number of methoxy groups -OCH3 is 3. The lowest BCUT2D eigenvalue weighted by Crippen LogP contribution is -2.13.